The Balaban J connectivity index is 2.12. The second-order valence-electron chi connectivity index (χ2n) is 6.13. The minimum absolute atomic E-state index is 0.663. The smallest absolute Gasteiger partial charge is 0.123 e. The van der Waals surface area contributed by atoms with E-state index in [0.29, 0.717) is 6.04 Å². The first-order valence-corrected chi connectivity index (χ1v) is 7.68. The lowest BCUT2D eigenvalue weighted by atomic mass is 9.93. The molecule has 1 aliphatic rings. The van der Waals surface area contributed by atoms with Crippen molar-refractivity contribution in [2.45, 2.75) is 45.8 Å². The number of methoxy groups -OCH3 is 1. The maximum absolute atomic E-state index is 5.53. The van der Waals surface area contributed by atoms with Crippen LogP contribution in [0.3, 0.4) is 0 Å². The fourth-order valence-corrected chi connectivity index (χ4v) is 3.18. The third-order valence-electron chi connectivity index (χ3n) is 4.38. The Morgan fingerprint density at radius 1 is 1.35 bits per heavy atom. The van der Waals surface area contributed by atoms with Crippen molar-refractivity contribution < 1.29 is 4.74 Å². The molecule has 1 aromatic rings. The van der Waals surface area contributed by atoms with E-state index in [2.05, 4.69) is 42.3 Å². The number of benzene rings is 1. The molecule has 2 unspecified atom stereocenters. The summed E-state index contributed by atoms with van der Waals surface area (Å²) in [4.78, 5) is 2.58. The van der Waals surface area contributed by atoms with Gasteiger partial charge in [-0.25, -0.2) is 0 Å². The Labute approximate surface area is 123 Å². The molecule has 1 N–H and O–H groups in total. The molecule has 0 radical (unpaired) electrons. The normalized spacial score (nSPS) is 23.8. The zero-order valence-electron chi connectivity index (χ0n) is 13.3. The minimum atomic E-state index is 0.663. The number of nitrogens with zero attached hydrogens (tertiary/aromatic N) is 1. The summed E-state index contributed by atoms with van der Waals surface area (Å²) >= 11 is 0. The highest BCUT2D eigenvalue weighted by atomic mass is 16.5. The van der Waals surface area contributed by atoms with E-state index in [4.69, 9.17) is 4.74 Å². The van der Waals surface area contributed by atoms with E-state index in [1.807, 2.05) is 7.05 Å². The third kappa shape index (κ3) is 3.74. The van der Waals surface area contributed by atoms with Gasteiger partial charge in [-0.1, -0.05) is 13.0 Å². The topological polar surface area (TPSA) is 24.5 Å². The van der Waals surface area contributed by atoms with Crippen LogP contribution in [0.25, 0.3) is 0 Å². The van der Waals surface area contributed by atoms with E-state index in [1.165, 1.54) is 30.5 Å². The fourth-order valence-electron chi connectivity index (χ4n) is 3.18. The molecule has 20 heavy (non-hydrogen) atoms. The van der Waals surface area contributed by atoms with Crippen LogP contribution in [-0.4, -0.2) is 31.6 Å². The maximum atomic E-state index is 5.53. The molecule has 1 aliphatic heterocycles. The van der Waals surface area contributed by atoms with Crippen molar-refractivity contribution in [1.29, 1.82) is 0 Å². The van der Waals surface area contributed by atoms with Crippen LogP contribution >= 0.6 is 0 Å². The fraction of sp³-hybridized carbons (Fsp3) is 0.647. The Hall–Kier alpha value is -1.06. The van der Waals surface area contributed by atoms with Gasteiger partial charge < -0.3 is 10.1 Å². The van der Waals surface area contributed by atoms with Crippen molar-refractivity contribution >= 4 is 0 Å². The zero-order chi connectivity index (χ0) is 14.5. The summed E-state index contributed by atoms with van der Waals surface area (Å²) in [6, 6.07) is 7.18. The molecule has 2 rings (SSSR count). The van der Waals surface area contributed by atoms with Gasteiger partial charge in [-0.05, 0) is 57.0 Å². The molecule has 112 valence electrons. The van der Waals surface area contributed by atoms with Crippen LogP contribution in [0.4, 0.5) is 0 Å². The third-order valence-corrected chi connectivity index (χ3v) is 4.38. The highest BCUT2D eigenvalue weighted by Crippen LogP contribution is 2.27. The summed E-state index contributed by atoms with van der Waals surface area (Å²) in [6.07, 6.45) is 2.61. The molecule has 0 amide bonds. The molecule has 0 saturated carbocycles. The number of hydrogen-bond acceptors (Lipinski definition) is 3. The van der Waals surface area contributed by atoms with E-state index in [0.717, 1.165) is 24.8 Å². The van der Waals surface area contributed by atoms with Gasteiger partial charge in [-0.3, -0.25) is 4.90 Å². The molecular formula is C17H28N2O. The zero-order valence-corrected chi connectivity index (χ0v) is 13.3. The Morgan fingerprint density at radius 3 is 2.80 bits per heavy atom. The summed E-state index contributed by atoms with van der Waals surface area (Å²) in [5.41, 5.74) is 2.63. The first-order chi connectivity index (χ1) is 9.63. The monoisotopic (exact) mass is 276 g/mol. The molecule has 1 heterocycles. The predicted molar refractivity (Wildman–Crippen MR) is 84.0 cm³/mol. The molecular weight excluding hydrogens is 248 g/mol. The van der Waals surface area contributed by atoms with Crippen LogP contribution in [0.5, 0.6) is 5.75 Å². The lowest BCUT2D eigenvalue weighted by Gasteiger charge is -2.36. The average Bonchev–Trinajstić information content (AvgIpc) is 2.43. The van der Waals surface area contributed by atoms with Crippen LogP contribution in [0.1, 0.15) is 37.8 Å². The van der Waals surface area contributed by atoms with Crippen molar-refractivity contribution in [3.8, 4) is 5.75 Å². The van der Waals surface area contributed by atoms with E-state index in [-0.39, 0.29) is 0 Å². The van der Waals surface area contributed by atoms with Gasteiger partial charge >= 0.3 is 0 Å². The second-order valence-corrected chi connectivity index (χ2v) is 6.13. The van der Waals surface area contributed by atoms with Gasteiger partial charge in [-0.15, -0.1) is 0 Å². The highest BCUT2D eigenvalue weighted by molar-refractivity contribution is 5.37. The molecule has 2 atom stereocenters. The quantitative estimate of drug-likeness (QED) is 0.894. The van der Waals surface area contributed by atoms with Gasteiger partial charge in [0.25, 0.3) is 0 Å². The van der Waals surface area contributed by atoms with Crippen molar-refractivity contribution in [1.82, 2.24) is 10.2 Å². The molecule has 0 aliphatic carbocycles. The number of likely N-dealkylation sites (tertiary alicyclic amines) is 1. The van der Waals surface area contributed by atoms with Crippen molar-refractivity contribution in [3.05, 3.63) is 29.3 Å². The van der Waals surface area contributed by atoms with E-state index in [1.54, 1.807) is 7.11 Å². The predicted octanol–water partition coefficient (Wildman–Crippen LogP) is 3.04. The molecule has 0 bridgehead atoms. The molecule has 0 aromatic heterocycles. The van der Waals surface area contributed by atoms with Crippen molar-refractivity contribution in [2.75, 3.05) is 20.7 Å². The molecule has 1 saturated heterocycles. The highest BCUT2D eigenvalue weighted by Gasteiger charge is 2.23. The number of ether oxygens (including phenoxy) is 1. The first kappa shape index (κ1) is 15.3. The summed E-state index contributed by atoms with van der Waals surface area (Å²) < 4.78 is 5.53. The molecule has 3 nitrogen and oxygen atoms in total. The number of rotatable bonds is 5. The van der Waals surface area contributed by atoms with Gasteiger partial charge in [0.2, 0.25) is 0 Å². The largest absolute Gasteiger partial charge is 0.496 e. The SMILES string of the molecule is CNCc1ccc(OC)c(CN2CCC(C)CC2C)c1. The van der Waals surface area contributed by atoms with Crippen LogP contribution < -0.4 is 10.1 Å². The Morgan fingerprint density at radius 2 is 2.15 bits per heavy atom. The number of nitrogens with one attached hydrogen (secondary N) is 1. The van der Waals surface area contributed by atoms with Crippen LogP contribution in [-0.2, 0) is 13.1 Å². The summed E-state index contributed by atoms with van der Waals surface area (Å²) in [7, 11) is 3.75. The molecule has 1 fully saturated rings. The van der Waals surface area contributed by atoms with Gasteiger partial charge in [-0.2, -0.15) is 0 Å². The standard InChI is InChI=1S/C17H28N2O/c1-13-7-8-19(14(2)9-13)12-16-10-15(11-18-3)5-6-17(16)20-4/h5-6,10,13-14,18H,7-9,11-12H2,1-4H3. The first-order valence-electron chi connectivity index (χ1n) is 7.68. The van der Waals surface area contributed by atoms with Gasteiger partial charge in [0, 0.05) is 24.7 Å². The second kappa shape index (κ2) is 7.09. The minimum Gasteiger partial charge on any atom is -0.496 e. The van der Waals surface area contributed by atoms with E-state index in [9.17, 15) is 0 Å². The molecule has 3 heteroatoms. The molecule has 1 aromatic carbocycles. The summed E-state index contributed by atoms with van der Waals surface area (Å²) in [5.74, 6) is 1.87. The number of piperidine rings is 1. The van der Waals surface area contributed by atoms with Crippen molar-refractivity contribution in [3.63, 3.8) is 0 Å². The van der Waals surface area contributed by atoms with Gasteiger partial charge in [0.1, 0.15) is 5.75 Å². The van der Waals surface area contributed by atoms with Gasteiger partial charge in [0.15, 0.2) is 0 Å². The van der Waals surface area contributed by atoms with E-state index < -0.39 is 0 Å². The van der Waals surface area contributed by atoms with Crippen LogP contribution in [0.15, 0.2) is 18.2 Å². The summed E-state index contributed by atoms with van der Waals surface area (Å²) in [6.45, 7) is 7.81. The Kier molecular flexibility index (Phi) is 5.44. The van der Waals surface area contributed by atoms with Crippen molar-refractivity contribution in [2.24, 2.45) is 5.92 Å². The lowest BCUT2D eigenvalue weighted by Crippen LogP contribution is -2.39. The van der Waals surface area contributed by atoms with E-state index >= 15 is 0 Å². The maximum Gasteiger partial charge on any atom is 0.123 e. The van der Waals surface area contributed by atoms with Crippen LogP contribution in [0, 0.1) is 5.92 Å². The lowest BCUT2D eigenvalue weighted by molar-refractivity contribution is 0.121. The summed E-state index contributed by atoms with van der Waals surface area (Å²) in [5, 5.41) is 3.21. The number of hydrogen-bond donors (Lipinski definition) is 1. The Bertz CT molecular complexity index is 433. The van der Waals surface area contributed by atoms with Gasteiger partial charge in [0.05, 0.1) is 7.11 Å². The molecule has 0 spiro atoms. The average molecular weight is 276 g/mol. The van der Waals surface area contributed by atoms with Crippen LogP contribution in [0.2, 0.25) is 0 Å².